The van der Waals surface area contributed by atoms with Gasteiger partial charge in [-0.1, -0.05) is 6.92 Å². The lowest BCUT2D eigenvalue weighted by molar-refractivity contribution is -0.0355. The van der Waals surface area contributed by atoms with Crippen LogP contribution in [0.25, 0.3) is 11.2 Å². The molecule has 0 aliphatic carbocycles. The minimum atomic E-state index is -1.22. The van der Waals surface area contributed by atoms with Gasteiger partial charge in [-0.3, -0.25) is 28.7 Å². The lowest BCUT2D eigenvalue weighted by Gasteiger charge is -2.17. The van der Waals surface area contributed by atoms with E-state index in [-0.39, 0.29) is 30.1 Å². The second-order valence-corrected chi connectivity index (χ2v) is 9.32. The molecule has 5 heterocycles. The van der Waals surface area contributed by atoms with Gasteiger partial charge in [0.2, 0.25) is 5.95 Å². The number of rotatable bonds is 7. The maximum Gasteiger partial charge on any atom is 0.330 e. The van der Waals surface area contributed by atoms with Crippen molar-refractivity contribution in [2.45, 2.75) is 76.1 Å². The fourth-order valence-corrected chi connectivity index (χ4v) is 4.77. The van der Waals surface area contributed by atoms with Gasteiger partial charge in [-0.25, -0.2) is 9.78 Å². The number of hydrogen-bond donors (Lipinski definition) is 6. The van der Waals surface area contributed by atoms with Crippen molar-refractivity contribution in [1.29, 1.82) is 0 Å². The molecular formula is C22H29N7O8. The van der Waals surface area contributed by atoms with E-state index < -0.39 is 59.8 Å². The quantitative estimate of drug-likeness (QED) is 0.211. The number of aromatic nitrogens is 6. The summed E-state index contributed by atoms with van der Waals surface area (Å²) in [4.78, 5) is 49.6. The maximum absolute atomic E-state index is 12.6. The van der Waals surface area contributed by atoms with Gasteiger partial charge in [0.1, 0.15) is 18.4 Å². The highest BCUT2D eigenvalue weighted by molar-refractivity contribution is 5.71. The van der Waals surface area contributed by atoms with Crippen LogP contribution in [0, 0.1) is 6.92 Å². The Labute approximate surface area is 208 Å². The second kappa shape index (κ2) is 9.83. The Bertz CT molecular complexity index is 1460. The zero-order valence-electron chi connectivity index (χ0n) is 20.2. The van der Waals surface area contributed by atoms with Crippen molar-refractivity contribution in [1.82, 2.24) is 29.1 Å². The van der Waals surface area contributed by atoms with Gasteiger partial charge in [-0.05, 0) is 19.8 Å². The van der Waals surface area contributed by atoms with Crippen molar-refractivity contribution in [2.24, 2.45) is 0 Å². The van der Waals surface area contributed by atoms with Crippen LogP contribution in [0.5, 0.6) is 0 Å². The average Bonchev–Trinajstić information content (AvgIpc) is 3.52. The van der Waals surface area contributed by atoms with Crippen LogP contribution in [0.1, 0.15) is 44.2 Å². The van der Waals surface area contributed by atoms with Gasteiger partial charge in [0.25, 0.3) is 11.1 Å². The van der Waals surface area contributed by atoms with Gasteiger partial charge in [0.05, 0.1) is 24.6 Å². The summed E-state index contributed by atoms with van der Waals surface area (Å²) in [6.45, 7) is 3.66. The molecule has 2 aliphatic rings. The number of H-pyrrole nitrogens is 2. The minimum Gasteiger partial charge on any atom is -0.390 e. The molecule has 2 saturated heterocycles. The van der Waals surface area contributed by atoms with Gasteiger partial charge in [-0.15, -0.1) is 0 Å². The Morgan fingerprint density at radius 2 is 1.86 bits per heavy atom. The molecule has 5 rings (SSSR count). The molecule has 6 N–H and O–H groups in total. The number of anilines is 1. The van der Waals surface area contributed by atoms with Crippen LogP contribution in [-0.4, -0.2) is 81.5 Å². The molecule has 0 radical (unpaired) electrons. The highest BCUT2D eigenvalue weighted by Crippen LogP contribution is 2.32. The molecule has 7 atom stereocenters. The van der Waals surface area contributed by atoms with Gasteiger partial charge < -0.3 is 30.1 Å². The Morgan fingerprint density at radius 1 is 1.08 bits per heavy atom. The lowest BCUT2D eigenvalue weighted by Crippen LogP contribution is -2.33. The first-order valence-electron chi connectivity index (χ1n) is 12.1. The third-order valence-corrected chi connectivity index (χ3v) is 6.83. The Kier molecular flexibility index (Phi) is 6.72. The van der Waals surface area contributed by atoms with Crippen LogP contribution in [0.2, 0.25) is 0 Å². The fourth-order valence-electron chi connectivity index (χ4n) is 4.77. The average molecular weight is 520 g/mol. The molecule has 3 aromatic heterocycles. The molecule has 0 spiro atoms. The van der Waals surface area contributed by atoms with Crippen LogP contribution >= 0.6 is 0 Å². The Hall–Kier alpha value is -3.37. The van der Waals surface area contributed by atoms with Gasteiger partial charge in [-0.2, -0.15) is 4.98 Å². The number of aliphatic hydroxyl groups is 3. The van der Waals surface area contributed by atoms with Crippen LogP contribution in [0.3, 0.4) is 0 Å². The zero-order valence-corrected chi connectivity index (χ0v) is 20.2. The molecule has 0 bridgehead atoms. The molecule has 200 valence electrons. The number of nitrogens with zero attached hydrogens (tertiary/aromatic N) is 4. The van der Waals surface area contributed by atoms with Crippen molar-refractivity contribution in [2.75, 3.05) is 11.9 Å². The number of fused-ring (bicyclic) bond motifs is 1. The minimum absolute atomic E-state index is 0.0508. The highest BCUT2D eigenvalue weighted by Gasteiger charge is 2.43. The lowest BCUT2D eigenvalue weighted by atomic mass is 10.1. The highest BCUT2D eigenvalue weighted by atomic mass is 16.6. The SMILES string of the molecule is CCC1OC(n2cnc3c(=O)[nH]c(NCCC4OC(n5cc(C)c(=O)[nH]c5=O)CC4O)nc32)C(O)C1O. The number of aromatic amines is 2. The standard InChI is InChI=1S/C22H29N7O8/c1-3-11-15(31)16(32)20(37-11)29-8-24-14-17(29)25-21(26-19(14)34)23-5-4-12-10(30)6-13(36-12)28-7-9(2)18(33)27-22(28)35/h7-8,10-13,15-16,20,30-32H,3-6H2,1-2H3,(H,27,33,35)(H2,23,25,26,34). The van der Waals surface area contributed by atoms with Crippen LogP contribution in [0.15, 0.2) is 26.9 Å². The van der Waals surface area contributed by atoms with E-state index in [0.717, 1.165) is 0 Å². The Balaban J connectivity index is 1.27. The molecule has 0 aromatic carbocycles. The van der Waals surface area contributed by atoms with E-state index in [0.29, 0.717) is 18.4 Å². The first kappa shape index (κ1) is 25.3. The number of aliphatic hydroxyl groups excluding tert-OH is 3. The van der Waals surface area contributed by atoms with E-state index >= 15 is 0 Å². The van der Waals surface area contributed by atoms with E-state index in [1.54, 1.807) is 6.92 Å². The fraction of sp³-hybridized carbons (Fsp3) is 0.591. The third kappa shape index (κ3) is 4.59. The Morgan fingerprint density at radius 3 is 2.59 bits per heavy atom. The summed E-state index contributed by atoms with van der Waals surface area (Å²) >= 11 is 0. The first-order chi connectivity index (χ1) is 17.7. The van der Waals surface area contributed by atoms with Crippen molar-refractivity contribution in [3.8, 4) is 0 Å². The number of imidazole rings is 1. The summed E-state index contributed by atoms with van der Waals surface area (Å²) in [5, 5.41) is 34.1. The van der Waals surface area contributed by atoms with Gasteiger partial charge in [0.15, 0.2) is 17.4 Å². The summed E-state index contributed by atoms with van der Waals surface area (Å²) in [7, 11) is 0. The van der Waals surface area contributed by atoms with E-state index in [1.165, 1.54) is 21.7 Å². The smallest absolute Gasteiger partial charge is 0.330 e. The van der Waals surface area contributed by atoms with E-state index in [2.05, 4.69) is 25.3 Å². The molecule has 0 saturated carbocycles. The second-order valence-electron chi connectivity index (χ2n) is 9.32. The van der Waals surface area contributed by atoms with Crippen molar-refractivity contribution < 1.29 is 24.8 Å². The monoisotopic (exact) mass is 519 g/mol. The van der Waals surface area contributed by atoms with Crippen molar-refractivity contribution in [3.63, 3.8) is 0 Å². The summed E-state index contributed by atoms with van der Waals surface area (Å²) in [6.07, 6.45) is -2.26. The van der Waals surface area contributed by atoms with Crippen molar-refractivity contribution in [3.05, 3.63) is 49.3 Å². The van der Waals surface area contributed by atoms with Gasteiger partial charge >= 0.3 is 5.69 Å². The molecule has 0 amide bonds. The van der Waals surface area contributed by atoms with Crippen LogP contribution in [-0.2, 0) is 9.47 Å². The molecule has 37 heavy (non-hydrogen) atoms. The third-order valence-electron chi connectivity index (χ3n) is 6.83. The molecule has 15 heteroatoms. The number of hydrogen-bond acceptors (Lipinski definition) is 11. The molecule has 15 nitrogen and oxygen atoms in total. The normalized spacial score (nSPS) is 29.8. The molecule has 7 unspecified atom stereocenters. The topological polar surface area (TPSA) is 210 Å². The van der Waals surface area contributed by atoms with Crippen LogP contribution < -0.4 is 22.1 Å². The van der Waals surface area contributed by atoms with Crippen molar-refractivity contribution >= 4 is 17.1 Å². The molecular weight excluding hydrogens is 490 g/mol. The summed E-state index contributed by atoms with van der Waals surface area (Å²) < 4.78 is 14.3. The summed E-state index contributed by atoms with van der Waals surface area (Å²) in [5.41, 5.74) is -1.03. The van der Waals surface area contributed by atoms with Crippen LogP contribution in [0.4, 0.5) is 5.95 Å². The number of nitrogens with one attached hydrogen (secondary N) is 3. The van der Waals surface area contributed by atoms with E-state index in [4.69, 9.17) is 9.47 Å². The number of ether oxygens (including phenoxy) is 2. The summed E-state index contributed by atoms with van der Waals surface area (Å²) in [6, 6.07) is 0. The van der Waals surface area contributed by atoms with E-state index in [1.807, 2.05) is 6.92 Å². The van der Waals surface area contributed by atoms with E-state index in [9.17, 15) is 29.7 Å². The summed E-state index contributed by atoms with van der Waals surface area (Å²) in [5.74, 6) is 0.135. The first-order valence-corrected chi connectivity index (χ1v) is 12.1. The largest absolute Gasteiger partial charge is 0.390 e. The predicted molar refractivity (Wildman–Crippen MR) is 128 cm³/mol. The number of aryl methyl sites for hydroxylation is 1. The zero-order chi connectivity index (χ0) is 26.4. The van der Waals surface area contributed by atoms with Gasteiger partial charge in [0, 0.05) is 24.7 Å². The maximum atomic E-state index is 12.6. The molecule has 2 fully saturated rings. The molecule has 3 aromatic rings. The molecule has 2 aliphatic heterocycles. The predicted octanol–water partition coefficient (Wildman–Crippen LogP) is -1.54.